The van der Waals surface area contributed by atoms with Crippen molar-refractivity contribution in [1.82, 2.24) is 0 Å². The van der Waals surface area contributed by atoms with E-state index in [1.54, 1.807) is 7.11 Å². The van der Waals surface area contributed by atoms with Crippen LogP contribution in [-0.4, -0.2) is 25.7 Å². The van der Waals surface area contributed by atoms with Crippen LogP contribution in [0.5, 0.6) is 5.75 Å². The van der Waals surface area contributed by atoms with Crippen molar-refractivity contribution in [1.29, 1.82) is 0 Å². The first-order chi connectivity index (χ1) is 9.06. The molecule has 0 fully saturated rings. The van der Waals surface area contributed by atoms with E-state index in [1.807, 2.05) is 31.2 Å². The van der Waals surface area contributed by atoms with Crippen LogP contribution in [0.25, 0.3) is 0 Å². The Balaban J connectivity index is 2.64. The Morgan fingerprint density at radius 3 is 2.37 bits per heavy atom. The molecule has 1 rings (SSSR count). The van der Waals surface area contributed by atoms with E-state index in [1.165, 1.54) is 0 Å². The molecular weight excluding hydrogens is 242 g/mol. The van der Waals surface area contributed by atoms with Crippen LogP contribution in [0, 0.1) is 5.92 Å². The van der Waals surface area contributed by atoms with Crippen LogP contribution >= 0.6 is 0 Å². The highest BCUT2D eigenvalue weighted by Gasteiger charge is 2.18. The third kappa shape index (κ3) is 5.20. The summed E-state index contributed by atoms with van der Waals surface area (Å²) in [5.41, 5.74) is 0.976. The summed E-state index contributed by atoms with van der Waals surface area (Å²) in [6, 6.07) is 7.74. The second kappa shape index (κ2) is 7.67. The SMILES string of the molecule is CCOC(=O)C[C@@H](Nc1ccc(OC)cc1)C(C)C. The second-order valence-corrected chi connectivity index (χ2v) is 4.73. The van der Waals surface area contributed by atoms with Gasteiger partial charge in [0.05, 0.1) is 20.1 Å². The number of carbonyl (C=O) groups is 1. The minimum atomic E-state index is -0.165. The summed E-state index contributed by atoms with van der Waals surface area (Å²) in [7, 11) is 1.64. The zero-order valence-corrected chi connectivity index (χ0v) is 12.1. The molecular formula is C15H23NO3. The first-order valence-electron chi connectivity index (χ1n) is 6.63. The minimum Gasteiger partial charge on any atom is -0.497 e. The molecule has 0 bridgehead atoms. The Hall–Kier alpha value is -1.71. The van der Waals surface area contributed by atoms with Crippen molar-refractivity contribution in [2.75, 3.05) is 19.0 Å². The van der Waals surface area contributed by atoms with Gasteiger partial charge in [-0.2, -0.15) is 0 Å². The molecule has 0 unspecified atom stereocenters. The molecule has 0 aliphatic carbocycles. The number of benzene rings is 1. The van der Waals surface area contributed by atoms with Crippen LogP contribution in [-0.2, 0) is 9.53 Å². The summed E-state index contributed by atoms with van der Waals surface area (Å²) >= 11 is 0. The lowest BCUT2D eigenvalue weighted by atomic mass is 10.0. The fourth-order valence-corrected chi connectivity index (χ4v) is 1.75. The van der Waals surface area contributed by atoms with Crippen molar-refractivity contribution in [3.63, 3.8) is 0 Å². The fourth-order valence-electron chi connectivity index (χ4n) is 1.75. The molecule has 0 amide bonds. The van der Waals surface area contributed by atoms with Gasteiger partial charge in [-0.1, -0.05) is 13.8 Å². The van der Waals surface area contributed by atoms with Gasteiger partial charge < -0.3 is 14.8 Å². The molecule has 1 atom stereocenters. The van der Waals surface area contributed by atoms with Crippen LogP contribution in [0.3, 0.4) is 0 Å². The van der Waals surface area contributed by atoms with E-state index in [-0.39, 0.29) is 12.0 Å². The van der Waals surface area contributed by atoms with E-state index >= 15 is 0 Å². The van der Waals surface area contributed by atoms with Crippen molar-refractivity contribution >= 4 is 11.7 Å². The lowest BCUT2D eigenvalue weighted by Crippen LogP contribution is -2.29. The summed E-state index contributed by atoms with van der Waals surface area (Å²) < 4.78 is 10.1. The van der Waals surface area contributed by atoms with Gasteiger partial charge in [0.25, 0.3) is 0 Å². The first-order valence-corrected chi connectivity index (χ1v) is 6.63. The molecule has 1 aromatic rings. The lowest BCUT2D eigenvalue weighted by Gasteiger charge is -2.22. The molecule has 1 N–H and O–H groups in total. The van der Waals surface area contributed by atoms with Crippen LogP contribution in [0.15, 0.2) is 24.3 Å². The van der Waals surface area contributed by atoms with Crippen molar-refractivity contribution in [2.45, 2.75) is 33.2 Å². The van der Waals surface area contributed by atoms with Gasteiger partial charge in [-0.15, -0.1) is 0 Å². The van der Waals surface area contributed by atoms with Crippen molar-refractivity contribution in [3.8, 4) is 5.75 Å². The number of esters is 1. The molecule has 0 saturated heterocycles. The van der Waals surface area contributed by atoms with Crippen molar-refractivity contribution in [2.24, 2.45) is 5.92 Å². The molecule has 4 nitrogen and oxygen atoms in total. The van der Waals surface area contributed by atoms with E-state index in [9.17, 15) is 4.79 Å². The maximum Gasteiger partial charge on any atom is 0.307 e. The molecule has 19 heavy (non-hydrogen) atoms. The van der Waals surface area contributed by atoms with Gasteiger partial charge in [0.2, 0.25) is 0 Å². The average molecular weight is 265 g/mol. The predicted molar refractivity (Wildman–Crippen MR) is 76.5 cm³/mol. The topological polar surface area (TPSA) is 47.6 Å². The zero-order chi connectivity index (χ0) is 14.3. The molecule has 0 radical (unpaired) electrons. The number of carbonyl (C=O) groups excluding carboxylic acids is 1. The Kier molecular flexibility index (Phi) is 6.19. The van der Waals surface area contributed by atoms with Gasteiger partial charge in [-0.3, -0.25) is 4.79 Å². The molecule has 0 aliphatic rings. The number of ether oxygens (including phenoxy) is 2. The molecule has 0 aliphatic heterocycles. The Morgan fingerprint density at radius 1 is 1.26 bits per heavy atom. The number of hydrogen-bond acceptors (Lipinski definition) is 4. The van der Waals surface area contributed by atoms with Gasteiger partial charge in [-0.25, -0.2) is 0 Å². The van der Waals surface area contributed by atoms with Crippen LogP contribution in [0.2, 0.25) is 0 Å². The maximum absolute atomic E-state index is 11.6. The summed E-state index contributed by atoms with van der Waals surface area (Å²) in [4.78, 5) is 11.6. The van der Waals surface area contributed by atoms with Crippen molar-refractivity contribution < 1.29 is 14.3 Å². The van der Waals surface area contributed by atoms with Crippen LogP contribution in [0.1, 0.15) is 27.2 Å². The van der Waals surface area contributed by atoms with Gasteiger partial charge in [0, 0.05) is 11.7 Å². The Morgan fingerprint density at radius 2 is 1.89 bits per heavy atom. The molecule has 1 aromatic carbocycles. The highest BCUT2D eigenvalue weighted by atomic mass is 16.5. The number of hydrogen-bond donors (Lipinski definition) is 1. The summed E-state index contributed by atoms with van der Waals surface area (Å²) in [5, 5.41) is 3.36. The summed E-state index contributed by atoms with van der Waals surface area (Å²) in [6.07, 6.45) is 0.373. The predicted octanol–water partition coefficient (Wildman–Crippen LogP) is 3.08. The van der Waals surface area contributed by atoms with Gasteiger partial charge in [-0.05, 0) is 37.1 Å². The summed E-state index contributed by atoms with van der Waals surface area (Å²) in [5.74, 6) is 0.991. The molecule has 106 valence electrons. The van der Waals surface area contributed by atoms with Gasteiger partial charge in [0.1, 0.15) is 5.75 Å². The quantitative estimate of drug-likeness (QED) is 0.770. The number of nitrogens with one attached hydrogen (secondary N) is 1. The van der Waals surface area contributed by atoms with Crippen LogP contribution in [0.4, 0.5) is 5.69 Å². The molecule has 0 heterocycles. The largest absolute Gasteiger partial charge is 0.497 e. The number of anilines is 1. The third-order valence-electron chi connectivity index (χ3n) is 2.94. The normalized spacial score (nSPS) is 12.1. The third-order valence-corrected chi connectivity index (χ3v) is 2.94. The van der Waals surface area contributed by atoms with E-state index in [4.69, 9.17) is 9.47 Å². The van der Waals surface area contributed by atoms with Gasteiger partial charge >= 0.3 is 5.97 Å². The Bertz CT molecular complexity index is 387. The highest BCUT2D eigenvalue weighted by molar-refractivity contribution is 5.70. The Labute approximate surface area is 115 Å². The highest BCUT2D eigenvalue weighted by Crippen LogP contribution is 2.19. The van der Waals surface area contributed by atoms with Gasteiger partial charge in [0.15, 0.2) is 0 Å². The molecule has 0 aromatic heterocycles. The lowest BCUT2D eigenvalue weighted by molar-refractivity contribution is -0.143. The molecule has 4 heteroatoms. The molecule has 0 spiro atoms. The maximum atomic E-state index is 11.6. The minimum absolute atomic E-state index is 0.0624. The zero-order valence-electron chi connectivity index (χ0n) is 12.1. The number of rotatable bonds is 7. The standard InChI is InChI=1S/C15H23NO3/c1-5-19-15(17)10-14(11(2)3)16-12-6-8-13(18-4)9-7-12/h6-9,11,14,16H,5,10H2,1-4H3/t14-/m1/s1. The van der Waals surface area contributed by atoms with E-state index < -0.39 is 0 Å². The average Bonchev–Trinajstić information content (AvgIpc) is 2.39. The first kappa shape index (κ1) is 15.3. The van der Waals surface area contributed by atoms with Crippen molar-refractivity contribution in [3.05, 3.63) is 24.3 Å². The van der Waals surface area contributed by atoms with E-state index in [0.717, 1.165) is 11.4 Å². The van der Waals surface area contributed by atoms with E-state index in [2.05, 4.69) is 19.2 Å². The fraction of sp³-hybridized carbons (Fsp3) is 0.533. The monoisotopic (exact) mass is 265 g/mol. The van der Waals surface area contributed by atoms with E-state index in [0.29, 0.717) is 18.9 Å². The van der Waals surface area contributed by atoms with Crippen LogP contribution < -0.4 is 10.1 Å². The molecule has 0 saturated carbocycles. The number of methoxy groups -OCH3 is 1. The smallest absolute Gasteiger partial charge is 0.307 e. The second-order valence-electron chi connectivity index (χ2n) is 4.73. The summed E-state index contributed by atoms with van der Waals surface area (Å²) in [6.45, 7) is 6.41.